The first-order chi connectivity index (χ1) is 6.50. The number of carbonyl (C=O) groups excluding carboxylic acids is 2. The van der Waals surface area contributed by atoms with Crippen LogP contribution in [-0.2, 0) is 14.3 Å². The zero-order valence-corrected chi connectivity index (χ0v) is 10.9. The van der Waals surface area contributed by atoms with Crippen LogP contribution in [0.4, 0.5) is 0 Å². The molecule has 0 unspecified atom stereocenters. The standard InChI is InChI=1S/C4H8O2.C4H10O.C3H6O/c1-3-6-4(2)5;1-4(2,3)5;1-3(2)4/h3H2,1-2H3;5H,1-3H3;1-2H3. The SMILES string of the molecule is CC(C)(C)O.CC(C)=O.CCOC(C)=O. The maximum absolute atomic E-state index is 9.82. The Labute approximate surface area is 92.6 Å². The molecule has 0 saturated heterocycles. The Hall–Kier alpha value is -0.900. The Bertz CT molecular complexity index is 158. The number of Topliss-reactive ketones (excluding diaryl/α,β-unsaturated/α-hetero) is 1. The molecule has 0 fully saturated rings. The summed E-state index contributed by atoms with van der Waals surface area (Å²) in [7, 11) is 0. The molecule has 1 N–H and O–H groups in total. The van der Waals surface area contributed by atoms with Crippen LogP contribution in [0.3, 0.4) is 0 Å². The first-order valence-corrected chi connectivity index (χ1v) is 4.83. The van der Waals surface area contributed by atoms with Gasteiger partial charge in [-0.1, -0.05) is 0 Å². The fourth-order valence-electron chi connectivity index (χ4n) is 0.203. The van der Waals surface area contributed by atoms with Crippen molar-refractivity contribution in [2.24, 2.45) is 0 Å². The van der Waals surface area contributed by atoms with Crippen LogP contribution in [0.2, 0.25) is 0 Å². The summed E-state index contributed by atoms with van der Waals surface area (Å²) in [5.74, 6) is -0.0440. The van der Waals surface area contributed by atoms with Gasteiger partial charge in [0.15, 0.2) is 0 Å². The van der Waals surface area contributed by atoms with Gasteiger partial charge in [0.2, 0.25) is 0 Å². The van der Waals surface area contributed by atoms with Gasteiger partial charge in [-0.25, -0.2) is 0 Å². The lowest BCUT2D eigenvalue weighted by Crippen LogP contribution is -2.10. The number of hydrogen-bond acceptors (Lipinski definition) is 4. The zero-order valence-electron chi connectivity index (χ0n) is 10.9. The number of esters is 1. The van der Waals surface area contributed by atoms with Crippen molar-refractivity contribution >= 4 is 11.8 Å². The normalized spacial score (nSPS) is 8.80. The maximum Gasteiger partial charge on any atom is 0.302 e. The quantitative estimate of drug-likeness (QED) is 0.686. The number of ketones is 1. The number of aliphatic hydroxyl groups is 1. The Morgan fingerprint density at radius 2 is 1.33 bits per heavy atom. The van der Waals surface area contributed by atoms with Gasteiger partial charge in [-0.15, -0.1) is 0 Å². The van der Waals surface area contributed by atoms with Crippen molar-refractivity contribution in [1.29, 1.82) is 0 Å². The molecule has 0 aliphatic carbocycles. The van der Waals surface area contributed by atoms with Crippen molar-refractivity contribution in [3.05, 3.63) is 0 Å². The third kappa shape index (κ3) is 366. The van der Waals surface area contributed by atoms with E-state index in [1.807, 2.05) is 0 Å². The molecule has 0 aliphatic rings. The van der Waals surface area contributed by atoms with E-state index in [9.17, 15) is 9.59 Å². The lowest BCUT2D eigenvalue weighted by Gasteiger charge is -2.04. The van der Waals surface area contributed by atoms with Crippen LogP contribution in [0.25, 0.3) is 0 Å². The topological polar surface area (TPSA) is 63.6 Å². The Balaban J connectivity index is -0.000000147. The molecule has 0 atom stereocenters. The van der Waals surface area contributed by atoms with Crippen molar-refractivity contribution in [2.75, 3.05) is 6.61 Å². The summed E-state index contributed by atoms with van der Waals surface area (Å²) in [4.78, 5) is 19.3. The van der Waals surface area contributed by atoms with Gasteiger partial charge in [-0.2, -0.15) is 0 Å². The third-order valence-electron chi connectivity index (χ3n) is 0.348. The average molecular weight is 220 g/mol. The second-order valence-corrected chi connectivity index (χ2v) is 4.00. The predicted octanol–water partition coefficient (Wildman–Crippen LogP) is 1.94. The van der Waals surface area contributed by atoms with E-state index >= 15 is 0 Å². The first-order valence-electron chi connectivity index (χ1n) is 4.83. The minimum Gasteiger partial charge on any atom is -0.466 e. The molecular formula is C11H24O4. The lowest BCUT2D eigenvalue weighted by molar-refractivity contribution is -0.140. The van der Waals surface area contributed by atoms with Crippen LogP contribution < -0.4 is 0 Å². The van der Waals surface area contributed by atoms with Gasteiger partial charge < -0.3 is 14.6 Å². The van der Waals surface area contributed by atoms with Crippen LogP contribution in [0.1, 0.15) is 48.5 Å². The van der Waals surface area contributed by atoms with E-state index in [2.05, 4.69) is 4.74 Å². The molecule has 0 aromatic rings. The molecule has 0 radical (unpaired) electrons. The van der Waals surface area contributed by atoms with Gasteiger partial charge >= 0.3 is 5.97 Å². The van der Waals surface area contributed by atoms with Crippen LogP contribution in [0.5, 0.6) is 0 Å². The van der Waals surface area contributed by atoms with Crippen molar-refractivity contribution in [3.8, 4) is 0 Å². The Morgan fingerprint density at radius 1 is 1.13 bits per heavy atom. The number of hydrogen-bond donors (Lipinski definition) is 1. The molecule has 0 aliphatic heterocycles. The smallest absolute Gasteiger partial charge is 0.302 e. The van der Waals surface area contributed by atoms with Gasteiger partial charge in [0.25, 0.3) is 0 Å². The lowest BCUT2D eigenvalue weighted by atomic mass is 10.2. The summed E-state index contributed by atoms with van der Waals surface area (Å²) in [6.45, 7) is 11.9. The van der Waals surface area contributed by atoms with E-state index in [1.54, 1.807) is 27.7 Å². The second kappa shape index (κ2) is 11.2. The van der Waals surface area contributed by atoms with E-state index in [0.717, 1.165) is 0 Å². The minimum absolute atomic E-state index is 0.167. The third-order valence-corrected chi connectivity index (χ3v) is 0.348. The summed E-state index contributed by atoms with van der Waals surface area (Å²) in [6.07, 6.45) is 0. The maximum atomic E-state index is 9.82. The van der Waals surface area contributed by atoms with E-state index in [0.29, 0.717) is 6.61 Å². The largest absolute Gasteiger partial charge is 0.466 e. The van der Waals surface area contributed by atoms with Crippen LogP contribution in [0, 0.1) is 0 Å². The molecule has 92 valence electrons. The van der Waals surface area contributed by atoms with Gasteiger partial charge in [0.05, 0.1) is 12.2 Å². The highest BCUT2D eigenvalue weighted by molar-refractivity contribution is 5.72. The monoisotopic (exact) mass is 220 g/mol. The Morgan fingerprint density at radius 3 is 1.33 bits per heavy atom. The van der Waals surface area contributed by atoms with E-state index in [-0.39, 0.29) is 11.8 Å². The summed E-state index contributed by atoms with van der Waals surface area (Å²) >= 11 is 0. The number of ether oxygens (including phenoxy) is 1. The summed E-state index contributed by atoms with van der Waals surface area (Å²) in [6, 6.07) is 0. The van der Waals surface area contributed by atoms with Crippen LogP contribution >= 0.6 is 0 Å². The van der Waals surface area contributed by atoms with Crippen molar-refractivity contribution < 1.29 is 19.4 Å². The molecule has 15 heavy (non-hydrogen) atoms. The number of rotatable bonds is 1. The molecule has 0 heterocycles. The molecular weight excluding hydrogens is 196 g/mol. The van der Waals surface area contributed by atoms with Crippen LogP contribution in [-0.4, -0.2) is 29.1 Å². The van der Waals surface area contributed by atoms with Crippen molar-refractivity contribution in [2.45, 2.75) is 54.1 Å². The van der Waals surface area contributed by atoms with Gasteiger partial charge in [-0.05, 0) is 41.5 Å². The molecule has 0 aromatic heterocycles. The predicted molar refractivity (Wildman–Crippen MR) is 60.6 cm³/mol. The van der Waals surface area contributed by atoms with Gasteiger partial charge in [-0.3, -0.25) is 4.79 Å². The minimum atomic E-state index is -0.500. The van der Waals surface area contributed by atoms with Gasteiger partial charge in [0, 0.05) is 6.92 Å². The van der Waals surface area contributed by atoms with Gasteiger partial charge in [0.1, 0.15) is 5.78 Å². The fraction of sp³-hybridized carbons (Fsp3) is 0.818. The summed E-state index contributed by atoms with van der Waals surface area (Å²) in [5.41, 5.74) is -0.500. The van der Waals surface area contributed by atoms with Crippen LogP contribution in [0.15, 0.2) is 0 Å². The summed E-state index contributed by atoms with van der Waals surface area (Å²) < 4.78 is 4.40. The molecule has 0 amide bonds. The molecule has 4 heteroatoms. The molecule has 4 nitrogen and oxygen atoms in total. The average Bonchev–Trinajstić information content (AvgIpc) is 1.79. The molecule has 0 rings (SSSR count). The highest BCUT2D eigenvalue weighted by Gasteiger charge is 1.97. The molecule has 0 saturated carbocycles. The Kier molecular flexibility index (Phi) is 14.6. The van der Waals surface area contributed by atoms with Crippen molar-refractivity contribution in [1.82, 2.24) is 0 Å². The highest BCUT2D eigenvalue weighted by atomic mass is 16.5. The second-order valence-electron chi connectivity index (χ2n) is 4.00. The fourth-order valence-corrected chi connectivity index (χ4v) is 0.203. The summed E-state index contributed by atoms with van der Waals surface area (Å²) in [5, 5.41) is 8.52. The molecule has 0 spiro atoms. The zero-order chi connectivity index (χ0) is 13.1. The van der Waals surface area contributed by atoms with E-state index in [1.165, 1.54) is 20.8 Å². The van der Waals surface area contributed by atoms with Crippen molar-refractivity contribution in [3.63, 3.8) is 0 Å². The highest BCUT2D eigenvalue weighted by Crippen LogP contribution is 1.93. The first kappa shape index (κ1) is 19.6. The van der Waals surface area contributed by atoms with E-state index in [4.69, 9.17) is 5.11 Å². The molecule has 0 aromatic carbocycles. The number of carbonyl (C=O) groups is 2. The molecule has 0 bridgehead atoms. The van der Waals surface area contributed by atoms with E-state index < -0.39 is 5.60 Å².